The zero-order valence-corrected chi connectivity index (χ0v) is 87.9. The summed E-state index contributed by atoms with van der Waals surface area (Å²) in [6.45, 7) is 25.9. The number of carbonyl (C=O) groups excluding carboxylic acids is 4. The second-order valence-corrected chi connectivity index (χ2v) is 37.0. The molecule has 2 fully saturated rings. The number of carbonyl (C=O) groups is 4. The van der Waals surface area contributed by atoms with Crippen molar-refractivity contribution in [2.75, 3.05) is 75.8 Å². The molecule has 0 aliphatic carbocycles. The van der Waals surface area contributed by atoms with Gasteiger partial charge in [0, 0.05) is 135 Å². The second-order valence-electron chi connectivity index (χ2n) is 35.2. The molecule has 3 amide bonds. The summed E-state index contributed by atoms with van der Waals surface area (Å²) in [6, 6.07) is 28.4. The average molecular weight is 2260 g/mol. The van der Waals surface area contributed by atoms with Gasteiger partial charge in [-0.15, -0.1) is 0 Å². The molecular formula is C97H113Cl3F16IN18O8S2-. The number of nitrogens with one attached hydrogen (secondary N) is 5. The number of nitriles is 1. The summed E-state index contributed by atoms with van der Waals surface area (Å²) in [5.74, 6) is -12.3. The first-order valence-corrected chi connectivity index (χ1v) is 47.8. The molecule has 5 heterocycles. The number of thiocarbonyl (C=S) groups is 2. The number of pyridine rings is 2. The summed E-state index contributed by atoms with van der Waals surface area (Å²) in [5.41, 5.74) is 19.0. The van der Waals surface area contributed by atoms with Crippen molar-refractivity contribution in [1.29, 1.82) is 5.86 Å². The van der Waals surface area contributed by atoms with Gasteiger partial charge in [-0.1, -0.05) is 157 Å². The summed E-state index contributed by atoms with van der Waals surface area (Å²) < 4.78 is 222. The number of isothiocyanates is 1. The first kappa shape index (κ1) is 125. The Kier molecular flexibility index (Phi) is 49.2. The molecular weight excluding hydrogens is 2150 g/mol. The van der Waals surface area contributed by atoms with Gasteiger partial charge in [-0.05, 0) is 135 Å². The van der Waals surface area contributed by atoms with Crippen molar-refractivity contribution in [3.8, 4) is 6.07 Å². The fourth-order valence-electron chi connectivity index (χ4n) is 12.2. The number of aromatic nitrogens is 4. The normalized spacial score (nSPS) is 12.6. The monoisotopic (exact) mass is 2260 g/mol. The maximum absolute atomic E-state index is 15.2. The fourth-order valence-corrected chi connectivity index (χ4v) is 13.2. The molecule has 0 bridgehead atoms. The van der Waals surface area contributed by atoms with Crippen LogP contribution in [0.5, 0.6) is 0 Å². The van der Waals surface area contributed by atoms with E-state index in [2.05, 4.69) is 48.8 Å². The third kappa shape index (κ3) is 37.7. The van der Waals surface area contributed by atoms with Gasteiger partial charge in [0.1, 0.15) is 46.3 Å². The molecule has 26 nitrogen and oxygen atoms in total. The standard InChI is InChI=1S/C26H29ClF5N5O.C13H17ClF3N3.C13H14F2N2OS.C12H16F2N2O.C11H8N2O2S.C7H2F2N2O2.C7H8F2N2.C5H9ClO.C2H6.CH4I/c1-25(2,3)23(38)33-13-14-5-6-17(28)22(21(14)29)35-24-34-18-11-16(27)19(12-20(18)36(24)4)37-9-7-15(8-10-37)26(30,31)32;1-19-11-7-12(9(14)6-10(11)18)20-4-2-8(3-5-20)13(15,16)17;1-13(2,3)12(18)16-6-8-4-5-9(14)11(10(8)15)17-7-19;1-12(2,3)11(17)16-6-7-4-5-8(13)10(15)9(7)14;14-9-5-1-3-7-12(9)11(16)13-8-4-2-6-10(13)15;8-5-2-1-4(3-10)6(9)7(5)11(12)13;8-5-2-1-4(3-10)6(9)7(5)11;1-5(2,3)4(6)7;2*1-2/h5-6,11-12,15H,7-10,13H2,1-4H3,(H,33,38)(H,34,35);6-8,19H,2-5,18H2,1H3;4-5H,6H2,1-3H3,(H,16,18);4-5H,6,15H2,1-3H3,(H,16,17);1-8H;1-2H;1-2H,3,10-11H2;1-3H3;1-2H3;2H,1H3/q;;;;;;;;;-1/i;;;;;;;;;2D. The number of piperidine rings is 2. The molecule has 0 radical (unpaired) electrons. The number of nitrogens with zero attached hydrogens (tertiary/aromatic N) is 9. The number of nitrogen functional groups attached to an aromatic ring is 3. The zero-order chi connectivity index (χ0) is 112. The number of fused-ring (bicyclic) bond motifs is 1. The van der Waals surface area contributed by atoms with Crippen LogP contribution in [0.1, 0.15) is 150 Å². The summed E-state index contributed by atoms with van der Waals surface area (Å²) >= 11 is 27.0. The van der Waals surface area contributed by atoms with E-state index in [-0.39, 0.29) is 160 Å². The minimum atomic E-state index is -4.22. The Hall–Kier alpha value is -12.2. The van der Waals surface area contributed by atoms with Crippen molar-refractivity contribution in [3.63, 3.8) is 0 Å². The summed E-state index contributed by atoms with van der Waals surface area (Å²) in [4.78, 5) is 90.9. The van der Waals surface area contributed by atoms with Crippen LogP contribution >= 0.6 is 59.2 Å². The van der Waals surface area contributed by atoms with Gasteiger partial charge < -0.3 is 63.9 Å². The Bertz CT molecular complexity index is 6360. The van der Waals surface area contributed by atoms with Crippen LogP contribution < -0.4 is 92.8 Å². The van der Waals surface area contributed by atoms with Crippen LogP contribution in [0.3, 0.4) is 0 Å². The molecule has 48 heteroatoms. The Balaban J connectivity index is 0.000000445. The molecule has 10 aromatic rings. The number of benzene rings is 7. The van der Waals surface area contributed by atoms with E-state index < -0.39 is 138 Å². The number of alkyl halides is 7. The molecule has 145 heavy (non-hydrogen) atoms. The molecule has 3 aromatic heterocycles. The molecule has 0 atom stereocenters. The first-order chi connectivity index (χ1) is 67.8. The maximum atomic E-state index is 15.2. The molecule has 0 unspecified atom stereocenters. The van der Waals surface area contributed by atoms with Crippen LogP contribution in [0.15, 0.2) is 148 Å². The zero-order valence-electron chi connectivity index (χ0n) is 82.8. The molecule has 2 aliphatic heterocycles. The number of anilines is 8. The Morgan fingerprint density at radius 2 is 0.959 bits per heavy atom. The number of nitrogens with two attached hydrogens (primary N) is 4. The quantitative estimate of drug-likeness (QED) is 0.00562. The molecule has 0 spiro atoms. The van der Waals surface area contributed by atoms with Crippen molar-refractivity contribution >= 4 is 161 Å². The van der Waals surface area contributed by atoms with E-state index in [1.54, 1.807) is 155 Å². The van der Waals surface area contributed by atoms with Crippen LogP contribution in [0.2, 0.25) is 10.0 Å². The van der Waals surface area contributed by atoms with Crippen molar-refractivity contribution in [2.45, 2.75) is 161 Å². The van der Waals surface area contributed by atoms with E-state index >= 15 is 4.39 Å². The van der Waals surface area contributed by atoms with E-state index in [1.165, 1.54) is 64.0 Å². The molecule has 2 aliphatic rings. The average Bonchev–Trinajstić information content (AvgIpc) is 1.62. The van der Waals surface area contributed by atoms with Gasteiger partial charge in [0.05, 0.1) is 71.3 Å². The number of nitro groups is 1. The molecule has 0 saturated carbocycles. The summed E-state index contributed by atoms with van der Waals surface area (Å²) in [7, 11) is 3.38. The van der Waals surface area contributed by atoms with Crippen LogP contribution in [0.25, 0.3) is 11.0 Å². The number of imidazole rings is 1. The fraction of sp³-hybridized carbons (Fsp3) is 0.381. The van der Waals surface area contributed by atoms with Gasteiger partial charge in [-0.25, -0.2) is 40.1 Å². The molecule has 7 aromatic carbocycles. The van der Waals surface area contributed by atoms with Crippen LogP contribution in [-0.4, -0.2) is 108 Å². The van der Waals surface area contributed by atoms with Gasteiger partial charge >= 0.3 is 46.0 Å². The topological polar surface area (TPSA) is 380 Å². The van der Waals surface area contributed by atoms with Crippen molar-refractivity contribution in [1.82, 2.24) is 34.6 Å². The van der Waals surface area contributed by atoms with Crippen molar-refractivity contribution in [2.24, 2.45) is 51.3 Å². The van der Waals surface area contributed by atoms with E-state index in [0.717, 1.165) is 41.7 Å². The summed E-state index contributed by atoms with van der Waals surface area (Å²) in [5, 5.41) is 34.4. The number of rotatable bonds is 14. The van der Waals surface area contributed by atoms with Crippen LogP contribution in [0.4, 0.5) is 127 Å². The number of hydrogen-bond acceptors (Lipinski definition) is 21. The van der Waals surface area contributed by atoms with Gasteiger partial charge in [-0.2, -0.15) is 45.4 Å². The predicted molar refractivity (Wildman–Crippen MR) is 539 cm³/mol. The second kappa shape index (κ2) is 57.1. The van der Waals surface area contributed by atoms with E-state index in [9.17, 15) is 105 Å². The Morgan fingerprint density at radius 1 is 0.579 bits per heavy atom. The van der Waals surface area contributed by atoms with E-state index in [1.807, 2.05) is 28.8 Å². The summed E-state index contributed by atoms with van der Waals surface area (Å²) in [6.07, 6.45) is -5.12. The third-order valence-electron chi connectivity index (χ3n) is 20.7. The van der Waals surface area contributed by atoms with Gasteiger partial charge in [0.2, 0.25) is 40.5 Å². The number of halogens is 20. The number of nitro benzene ring substituents is 1. The Labute approximate surface area is 867 Å². The molecule has 12 rings (SSSR count). The Morgan fingerprint density at radius 3 is 1.34 bits per heavy atom. The van der Waals surface area contributed by atoms with Crippen molar-refractivity contribution in [3.05, 3.63) is 261 Å². The third-order valence-corrected chi connectivity index (χ3v) is 22.3. The van der Waals surface area contributed by atoms with E-state index in [0.29, 0.717) is 51.6 Å². The predicted octanol–water partition coefficient (Wildman–Crippen LogP) is 19.2. The number of aryl methyl sites for hydroxylation is 1. The molecule has 2 saturated heterocycles. The minimum absolute atomic E-state index is 0.00752. The first-order valence-electron chi connectivity index (χ1n) is 44.1. The molecule has 792 valence electrons. The van der Waals surface area contributed by atoms with Gasteiger partial charge in [-0.3, -0.25) is 48.0 Å². The van der Waals surface area contributed by atoms with Gasteiger partial charge in [0.15, 0.2) is 34.2 Å². The number of aliphatic imine (C=N–C) groups is 1. The molecule has 13 N–H and O–H groups in total. The van der Waals surface area contributed by atoms with Crippen LogP contribution in [0, 0.1) is 113 Å². The van der Waals surface area contributed by atoms with E-state index in [4.69, 9.17) is 75.8 Å². The SMILES string of the molecule is CC.CC(C)(C)C(=O)Cl.CC(C)(C)C(=O)NCc1ccc(F)c(N)c1F.CC(C)(C)C(=O)NCc1ccc(F)c(N=C=S)c1F.CNc1cc(N2CCC(C(F)(F)F)CC2)c(Cl)cc1N.Cn1c(Nc2c(F)ccc(CNC(=O)C(C)(C)C)c2F)nc2cc(Cl)c(N3CCC(C(F)(F)F)CC3)cc21.N#Cc1ccc(F)c([N+](=O)[O-])c1F.NCc1ccc(F)c(N)c1F.O=c1ccccn1C(=S)n1ccccc1=O.[2H][I-]C. The van der Waals surface area contributed by atoms with Crippen molar-refractivity contribution < 1.29 is 117 Å². The van der Waals surface area contributed by atoms with Crippen LogP contribution in [-0.2, 0) is 52.4 Å². The van der Waals surface area contributed by atoms with Gasteiger partial charge in [0.25, 0.3) is 11.1 Å². The number of hydrogen-bond donors (Lipinski definition) is 9. The number of amides is 3.